The van der Waals surface area contributed by atoms with Crippen LogP contribution in [0.25, 0.3) is 0 Å². The summed E-state index contributed by atoms with van der Waals surface area (Å²) in [5.41, 5.74) is 0. The molecule has 2 rings (SSSR count). The fourth-order valence-corrected chi connectivity index (χ4v) is 2.93. The summed E-state index contributed by atoms with van der Waals surface area (Å²) in [4.78, 5) is 16.6. The lowest BCUT2D eigenvalue weighted by Gasteiger charge is -2.31. The fraction of sp³-hybridized carbons (Fsp3) is 0.923. The number of rotatable bonds is 4. The van der Waals surface area contributed by atoms with Gasteiger partial charge in [-0.1, -0.05) is 0 Å². The molecule has 104 valence electrons. The van der Waals surface area contributed by atoms with Crippen molar-refractivity contribution in [2.75, 3.05) is 60.1 Å². The number of hydrogen-bond acceptors (Lipinski definition) is 5. The van der Waals surface area contributed by atoms with Crippen molar-refractivity contribution in [1.82, 2.24) is 9.80 Å². The molecule has 2 unspecified atom stereocenters. The van der Waals surface area contributed by atoms with Crippen molar-refractivity contribution in [3.05, 3.63) is 0 Å². The molecule has 5 heteroatoms. The van der Waals surface area contributed by atoms with Crippen LogP contribution in [0.3, 0.4) is 0 Å². The summed E-state index contributed by atoms with van der Waals surface area (Å²) in [5, 5.41) is 0. The third kappa shape index (κ3) is 3.43. The highest BCUT2D eigenvalue weighted by Crippen LogP contribution is 2.25. The van der Waals surface area contributed by atoms with Crippen LogP contribution in [0.5, 0.6) is 0 Å². The van der Waals surface area contributed by atoms with Crippen LogP contribution < -0.4 is 0 Å². The van der Waals surface area contributed by atoms with Gasteiger partial charge in [0.15, 0.2) is 0 Å². The molecule has 0 radical (unpaired) electrons. The monoisotopic (exact) mass is 256 g/mol. The molecule has 2 fully saturated rings. The zero-order chi connectivity index (χ0) is 13.0. The minimum Gasteiger partial charge on any atom is -0.469 e. The van der Waals surface area contributed by atoms with E-state index in [2.05, 4.69) is 16.8 Å². The van der Waals surface area contributed by atoms with Crippen molar-refractivity contribution in [2.45, 2.75) is 6.42 Å². The molecule has 18 heavy (non-hydrogen) atoms. The van der Waals surface area contributed by atoms with Crippen LogP contribution in [0.4, 0.5) is 0 Å². The molecular weight excluding hydrogens is 232 g/mol. The Bertz CT molecular complexity index is 279. The summed E-state index contributed by atoms with van der Waals surface area (Å²) in [6, 6.07) is 0. The Morgan fingerprint density at radius 2 is 2.11 bits per heavy atom. The molecule has 0 amide bonds. The predicted molar refractivity (Wildman–Crippen MR) is 68.4 cm³/mol. The van der Waals surface area contributed by atoms with Gasteiger partial charge in [0.05, 0.1) is 26.2 Å². The second-order valence-corrected chi connectivity index (χ2v) is 5.35. The van der Waals surface area contributed by atoms with E-state index in [0.29, 0.717) is 5.92 Å². The molecule has 0 aliphatic carbocycles. The van der Waals surface area contributed by atoms with Gasteiger partial charge in [0, 0.05) is 26.2 Å². The molecule has 2 aliphatic heterocycles. The van der Waals surface area contributed by atoms with E-state index >= 15 is 0 Å². The van der Waals surface area contributed by atoms with Crippen LogP contribution in [-0.4, -0.2) is 75.9 Å². The second kappa shape index (κ2) is 6.50. The zero-order valence-corrected chi connectivity index (χ0v) is 11.4. The molecular formula is C13H24N2O3. The van der Waals surface area contributed by atoms with Crippen molar-refractivity contribution in [1.29, 1.82) is 0 Å². The number of carbonyl (C=O) groups excluding carboxylic acids is 1. The van der Waals surface area contributed by atoms with E-state index in [4.69, 9.17) is 9.47 Å². The number of nitrogens with zero attached hydrogens (tertiary/aromatic N) is 2. The number of hydrogen-bond donors (Lipinski definition) is 0. The third-order valence-corrected chi connectivity index (χ3v) is 4.06. The average molecular weight is 256 g/mol. The minimum atomic E-state index is -0.0539. The van der Waals surface area contributed by atoms with Crippen molar-refractivity contribution < 1.29 is 14.3 Å². The van der Waals surface area contributed by atoms with Gasteiger partial charge in [-0.15, -0.1) is 0 Å². The van der Waals surface area contributed by atoms with Gasteiger partial charge in [-0.25, -0.2) is 0 Å². The van der Waals surface area contributed by atoms with Gasteiger partial charge in [-0.2, -0.15) is 0 Å². The molecule has 0 saturated carbocycles. The number of likely N-dealkylation sites (tertiary alicyclic amines) is 1. The topological polar surface area (TPSA) is 42.0 Å². The number of methoxy groups -OCH3 is 1. The van der Waals surface area contributed by atoms with E-state index in [1.54, 1.807) is 0 Å². The fourth-order valence-electron chi connectivity index (χ4n) is 2.93. The maximum absolute atomic E-state index is 12.0. The Hall–Kier alpha value is -0.650. The van der Waals surface area contributed by atoms with Crippen LogP contribution in [0.1, 0.15) is 6.42 Å². The Balaban J connectivity index is 1.93. The second-order valence-electron chi connectivity index (χ2n) is 5.35. The Labute approximate surface area is 109 Å². The van der Waals surface area contributed by atoms with E-state index in [-0.39, 0.29) is 11.9 Å². The first-order chi connectivity index (χ1) is 8.70. The van der Waals surface area contributed by atoms with Crippen LogP contribution in [-0.2, 0) is 14.3 Å². The summed E-state index contributed by atoms with van der Waals surface area (Å²) in [6.07, 6.45) is 1.10. The van der Waals surface area contributed by atoms with Crippen LogP contribution in [0.2, 0.25) is 0 Å². The van der Waals surface area contributed by atoms with Crippen molar-refractivity contribution in [3.63, 3.8) is 0 Å². The lowest BCUT2D eigenvalue weighted by Crippen LogP contribution is -2.43. The highest BCUT2D eigenvalue weighted by molar-refractivity contribution is 5.73. The summed E-state index contributed by atoms with van der Waals surface area (Å²) < 4.78 is 10.3. The number of esters is 1. The van der Waals surface area contributed by atoms with Crippen LogP contribution >= 0.6 is 0 Å². The molecule has 0 spiro atoms. The molecule has 2 atom stereocenters. The third-order valence-electron chi connectivity index (χ3n) is 4.06. The minimum absolute atomic E-state index is 0.0121. The van der Waals surface area contributed by atoms with Gasteiger partial charge in [-0.3, -0.25) is 9.69 Å². The quantitative estimate of drug-likeness (QED) is 0.665. The standard InChI is InChI=1S/C13H24N2O3/c1-14-4-3-11(9-14)12(13(16)17-2)10-15-5-7-18-8-6-15/h11-12H,3-10H2,1-2H3. The van der Waals surface area contributed by atoms with Gasteiger partial charge in [0.2, 0.25) is 0 Å². The largest absolute Gasteiger partial charge is 0.469 e. The van der Waals surface area contributed by atoms with Gasteiger partial charge >= 0.3 is 5.97 Å². The maximum atomic E-state index is 12.0. The van der Waals surface area contributed by atoms with Gasteiger partial charge in [0.25, 0.3) is 0 Å². The molecule has 0 aromatic heterocycles. The lowest BCUT2D eigenvalue weighted by atomic mass is 9.91. The van der Waals surface area contributed by atoms with Crippen molar-refractivity contribution in [3.8, 4) is 0 Å². The number of ether oxygens (including phenoxy) is 2. The molecule has 0 aromatic carbocycles. The zero-order valence-electron chi connectivity index (χ0n) is 11.4. The molecule has 2 aliphatic rings. The highest BCUT2D eigenvalue weighted by Gasteiger charge is 2.34. The Morgan fingerprint density at radius 3 is 2.67 bits per heavy atom. The summed E-state index contributed by atoms with van der Waals surface area (Å²) in [7, 11) is 3.61. The summed E-state index contributed by atoms with van der Waals surface area (Å²) in [5.74, 6) is 0.394. The SMILES string of the molecule is COC(=O)C(CN1CCOCC1)C1CCN(C)C1. The Kier molecular flexibility index (Phi) is 4.97. The molecule has 0 N–H and O–H groups in total. The van der Waals surface area contributed by atoms with Crippen molar-refractivity contribution >= 4 is 5.97 Å². The van der Waals surface area contributed by atoms with Crippen molar-refractivity contribution in [2.24, 2.45) is 11.8 Å². The smallest absolute Gasteiger partial charge is 0.310 e. The van der Waals surface area contributed by atoms with Crippen LogP contribution in [0.15, 0.2) is 0 Å². The molecule has 0 aromatic rings. The first-order valence-electron chi connectivity index (χ1n) is 6.77. The van der Waals surface area contributed by atoms with Gasteiger partial charge < -0.3 is 14.4 Å². The highest BCUT2D eigenvalue weighted by atomic mass is 16.5. The molecule has 5 nitrogen and oxygen atoms in total. The first-order valence-corrected chi connectivity index (χ1v) is 6.77. The maximum Gasteiger partial charge on any atom is 0.310 e. The molecule has 0 bridgehead atoms. The van der Waals surface area contributed by atoms with E-state index in [1.165, 1.54) is 7.11 Å². The average Bonchev–Trinajstić information content (AvgIpc) is 2.83. The van der Waals surface area contributed by atoms with E-state index in [1.807, 2.05) is 0 Å². The number of morpholine rings is 1. The van der Waals surface area contributed by atoms with E-state index in [9.17, 15) is 4.79 Å². The number of carbonyl (C=O) groups is 1. The van der Waals surface area contributed by atoms with E-state index in [0.717, 1.165) is 52.4 Å². The Morgan fingerprint density at radius 1 is 1.39 bits per heavy atom. The summed E-state index contributed by atoms with van der Waals surface area (Å²) >= 11 is 0. The van der Waals surface area contributed by atoms with Gasteiger partial charge in [0.1, 0.15) is 0 Å². The predicted octanol–water partition coefficient (Wildman–Crippen LogP) is 0.0595. The normalized spacial score (nSPS) is 28.2. The van der Waals surface area contributed by atoms with Crippen LogP contribution in [0, 0.1) is 11.8 Å². The molecule has 2 saturated heterocycles. The lowest BCUT2D eigenvalue weighted by molar-refractivity contribution is -0.148. The van der Waals surface area contributed by atoms with E-state index < -0.39 is 0 Å². The van der Waals surface area contributed by atoms with Gasteiger partial charge in [-0.05, 0) is 25.9 Å². The summed E-state index contributed by atoms with van der Waals surface area (Å²) in [6.45, 7) is 6.31. The first kappa shape index (κ1) is 13.8. The molecule has 2 heterocycles.